The number of carbonyl (C=O) groups excluding carboxylic acids is 1. The second-order valence-electron chi connectivity index (χ2n) is 9.04. The molecule has 1 amide bonds. The maximum Gasteiger partial charge on any atom is 0.336 e. The van der Waals surface area contributed by atoms with Crippen LogP contribution in [0, 0.1) is 6.92 Å². The standard InChI is InChI=1S/C29H29N3O4/c1-21-17-29(34)36-27-18-25(11-12-26(21)27)35-20-28(33)30-23-7-9-24(10-8-23)32-15-13-31(14-16-32)19-22-5-3-2-4-6-22/h2-12,17-18H,13-16,19-20H2,1H3,(H,30,33). The summed E-state index contributed by atoms with van der Waals surface area (Å²) in [5.41, 5.74) is 4.08. The predicted octanol–water partition coefficient (Wildman–Crippen LogP) is 4.44. The molecule has 3 aromatic carbocycles. The van der Waals surface area contributed by atoms with E-state index in [0.29, 0.717) is 11.3 Å². The van der Waals surface area contributed by atoms with Crippen molar-refractivity contribution in [2.45, 2.75) is 13.5 Å². The highest BCUT2D eigenvalue weighted by molar-refractivity contribution is 5.92. The molecule has 7 heteroatoms. The number of piperazine rings is 1. The third kappa shape index (κ3) is 5.75. The Kier molecular flexibility index (Phi) is 7.00. The van der Waals surface area contributed by atoms with E-state index in [1.54, 1.807) is 12.1 Å². The fraction of sp³-hybridized carbons (Fsp3) is 0.241. The first kappa shape index (κ1) is 23.6. The van der Waals surface area contributed by atoms with Gasteiger partial charge in [-0.2, -0.15) is 0 Å². The SMILES string of the molecule is Cc1cc(=O)oc2cc(OCC(=O)Nc3ccc(N4CCN(Cc5ccccc5)CC4)cc3)ccc12. The molecule has 5 rings (SSSR count). The fourth-order valence-electron chi connectivity index (χ4n) is 4.50. The van der Waals surface area contributed by atoms with Crippen LogP contribution in [0.4, 0.5) is 11.4 Å². The lowest BCUT2D eigenvalue weighted by molar-refractivity contribution is -0.118. The van der Waals surface area contributed by atoms with Gasteiger partial charge in [0.25, 0.3) is 5.91 Å². The molecule has 1 saturated heterocycles. The molecular formula is C29H29N3O4. The third-order valence-corrected chi connectivity index (χ3v) is 6.43. The Morgan fingerprint density at radius 1 is 0.944 bits per heavy atom. The van der Waals surface area contributed by atoms with Crippen LogP contribution in [0.15, 0.2) is 88.1 Å². The number of anilines is 2. The van der Waals surface area contributed by atoms with E-state index < -0.39 is 5.63 Å². The van der Waals surface area contributed by atoms with Crippen LogP contribution < -0.4 is 20.6 Å². The van der Waals surface area contributed by atoms with E-state index in [4.69, 9.17) is 9.15 Å². The maximum absolute atomic E-state index is 12.4. The molecule has 0 saturated carbocycles. The zero-order valence-electron chi connectivity index (χ0n) is 20.3. The number of amides is 1. The molecule has 1 aromatic heterocycles. The van der Waals surface area contributed by atoms with Crippen LogP contribution in [0.1, 0.15) is 11.1 Å². The van der Waals surface area contributed by atoms with Gasteiger partial charge in [0, 0.05) is 61.6 Å². The normalized spacial score (nSPS) is 14.1. The first-order valence-electron chi connectivity index (χ1n) is 12.1. The highest BCUT2D eigenvalue weighted by atomic mass is 16.5. The van der Waals surface area contributed by atoms with Crippen molar-refractivity contribution in [3.8, 4) is 5.75 Å². The lowest BCUT2D eigenvalue weighted by atomic mass is 10.1. The lowest BCUT2D eigenvalue weighted by Gasteiger charge is -2.36. The van der Waals surface area contributed by atoms with Gasteiger partial charge < -0.3 is 19.4 Å². The van der Waals surface area contributed by atoms with E-state index in [2.05, 4.69) is 39.4 Å². The van der Waals surface area contributed by atoms with Gasteiger partial charge in [0.05, 0.1) is 0 Å². The van der Waals surface area contributed by atoms with Gasteiger partial charge in [-0.1, -0.05) is 30.3 Å². The summed E-state index contributed by atoms with van der Waals surface area (Å²) in [4.78, 5) is 28.9. The van der Waals surface area contributed by atoms with Crippen molar-refractivity contribution in [2.75, 3.05) is 43.0 Å². The number of aryl methyl sites for hydroxylation is 1. The Hall–Kier alpha value is -4.10. The summed E-state index contributed by atoms with van der Waals surface area (Å²) < 4.78 is 10.8. The first-order chi connectivity index (χ1) is 17.5. The number of nitrogens with one attached hydrogen (secondary N) is 1. The molecule has 4 aromatic rings. The Balaban J connectivity index is 1.11. The monoisotopic (exact) mass is 483 g/mol. The van der Waals surface area contributed by atoms with Crippen molar-refractivity contribution in [2.24, 2.45) is 0 Å². The molecule has 1 N–H and O–H groups in total. The smallest absolute Gasteiger partial charge is 0.336 e. The zero-order chi connectivity index (χ0) is 24.9. The van der Waals surface area contributed by atoms with Gasteiger partial charge in [-0.05, 0) is 54.4 Å². The molecule has 0 unspecified atom stereocenters. The molecule has 0 aliphatic carbocycles. The molecule has 0 bridgehead atoms. The molecule has 7 nitrogen and oxygen atoms in total. The molecule has 0 atom stereocenters. The Morgan fingerprint density at radius 3 is 2.44 bits per heavy atom. The van der Waals surface area contributed by atoms with E-state index in [9.17, 15) is 9.59 Å². The van der Waals surface area contributed by atoms with E-state index in [0.717, 1.165) is 55.0 Å². The molecule has 1 fully saturated rings. The Bertz CT molecular complexity index is 1390. The summed E-state index contributed by atoms with van der Waals surface area (Å²) in [5.74, 6) is 0.205. The molecule has 184 valence electrons. The zero-order valence-corrected chi connectivity index (χ0v) is 20.3. The number of benzene rings is 3. The highest BCUT2D eigenvalue weighted by Crippen LogP contribution is 2.23. The quantitative estimate of drug-likeness (QED) is 0.392. The van der Waals surface area contributed by atoms with Crippen LogP contribution in [-0.4, -0.2) is 43.6 Å². The average Bonchev–Trinajstić information content (AvgIpc) is 2.89. The van der Waals surface area contributed by atoms with E-state index in [1.807, 2.05) is 43.3 Å². The first-order valence-corrected chi connectivity index (χ1v) is 12.1. The number of rotatable bonds is 7. The number of fused-ring (bicyclic) bond motifs is 1. The number of ether oxygens (including phenoxy) is 1. The summed E-state index contributed by atoms with van der Waals surface area (Å²) in [5, 5.41) is 3.71. The van der Waals surface area contributed by atoms with Crippen LogP contribution in [0.25, 0.3) is 11.0 Å². The molecule has 2 heterocycles. The van der Waals surface area contributed by atoms with E-state index in [1.165, 1.54) is 11.6 Å². The summed E-state index contributed by atoms with van der Waals surface area (Å²) >= 11 is 0. The van der Waals surface area contributed by atoms with Crippen molar-refractivity contribution in [1.29, 1.82) is 0 Å². The van der Waals surface area contributed by atoms with Gasteiger partial charge in [0.15, 0.2) is 6.61 Å². The molecule has 0 radical (unpaired) electrons. The van der Waals surface area contributed by atoms with Gasteiger partial charge in [-0.3, -0.25) is 9.69 Å². The fourth-order valence-corrected chi connectivity index (χ4v) is 4.50. The summed E-state index contributed by atoms with van der Waals surface area (Å²) in [6, 6.07) is 25.1. The van der Waals surface area contributed by atoms with Gasteiger partial charge in [0.1, 0.15) is 11.3 Å². The number of nitrogens with zero attached hydrogens (tertiary/aromatic N) is 2. The third-order valence-electron chi connectivity index (χ3n) is 6.43. The summed E-state index contributed by atoms with van der Waals surface area (Å²) in [6.07, 6.45) is 0. The molecule has 36 heavy (non-hydrogen) atoms. The van der Waals surface area contributed by atoms with Gasteiger partial charge in [-0.15, -0.1) is 0 Å². The summed E-state index contributed by atoms with van der Waals surface area (Å²) in [7, 11) is 0. The average molecular weight is 484 g/mol. The number of hydrogen-bond acceptors (Lipinski definition) is 6. The minimum atomic E-state index is -0.410. The number of carbonyl (C=O) groups is 1. The van der Waals surface area contributed by atoms with Crippen molar-refractivity contribution < 1.29 is 13.9 Å². The van der Waals surface area contributed by atoms with Crippen molar-refractivity contribution >= 4 is 28.3 Å². The van der Waals surface area contributed by atoms with Crippen molar-refractivity contribution in [3.63, 3.8) is 0 Å². The Labute approximate surface area is 209 Å². The maximum atomic E-state index is 12.4. The molecular weight excluding hydrogens is 454 g/mol. The minimum Gasteiger partial charge on any atom is -0.484 e. The van der Waals surface area contributed by atoms with E-state index in [-0.39, 0.29) is 12.5 Å². The molecule has 0 spiro atoms. The predicted molar refractivity (Wildman–Crippen MR) is 142 cm³/mol. The minimum absolute atomic E-state index is 0.146. The van der Waals surface area contributed by atoms with Crippen LogP contribution in [-0.2, 0) is 11.3 Å². The Morgan fingerprint density at radius 2 is 1.69 bits per heavy atom. The second-order valence-corrected chi connectivity index (χ2v) is 9.04. The van der Waals surface area contributed by atoms with Gasteiger partial charge in [0.2, 0.25) is 0 Å². The van der Waals surface area contributed by atoms with Gasteiger partial charge in [-0.25, -0.2) is 4.79 Å². The topological polar surface area (TPSA) is 75.0 Å². The second kappa shape index (κ2) is 10.7. The highest BCUT2D eigenvalue weighted by Gasteiger charge is 2.17. The lowest BCUT2D eigenvalue weighted by Crippen LogP contribution is -2.45. The number of hydrogen-bond donors (Lipinski definition) is 1. The van der Waals surface area contributed by atoms with Gasteiger partial charge >= 0.3 is 5.63 Å². The molecule has 1 aliphatic rings. The summed E-state index contributed by atoms with van der Waals surface area (Å²) in [6.45, 7) is 6.66. The molecule has 1 aliphatic heterocycles. The van der Waals surface area contributed by atoms with Crippen molar-refractivity contribution in [1.82, 2.24) is 4.90 Å². The van der Waals surface area contributed by atoms with Crippen LogP contribution in [0.2, 0.25) is 0 Å². The van der Waals surface area contributed by atoms with Crippen LogP contribution in [0.3, 0.4) is 0 Å². The van der Waals surface area contributed by atoms with E-state index >= 15 is 0 Å². The van der Waals surface area contributed by atoms with Crippen molar-refractivity contribution in [3.05, 3.63) is 100 Å². The largest absolute Gasteiger partial charge is 0.484 e. The van der Waals surface area contributed by atoms with Crippen LogP contribution in [0.5, 0.6) is 5.75 Å². The van der Waals surface area contributed by atoms with Crippen LogP contribution >= 0.6 is 0 Å².